The van der Waals surface area contributed by atoms with Crippen molar-refractivity contribution < 1.29 is 19.3 Å². The summed E-state index contributed by atoms with van der Waals surface area (Å²) >= 11 is 4.10. The first kappa shape index (κ1) is 38.1. The van der Waals surface area contributed by atoms with Gasteiger partial charge in [-0.25, -0.2) is 4.98 Å². The number of anilines is 1. The van der Waals surface area contributed by atoms with Crippen molar-refractivity contribution in [1.82, 2.24) is 19.6 Å². The normalized spacial score (nSPS) is 19.2. The summed E-state index contributed by atoms with van der Waals surface area (Å²) in [4.78, 5) is 12.5. The molecule has 4 aromatic rings. The molecule has 0 spiro atoms. The van der Waals surface area contributed by atoms with E-state index in [1.807, 2.05) is 41.2 Å². The van der Waals surface area contributed by atoms with Crippen LogP contribution in [0.5, 0.6) is 5.75 Å². The molecule has 2 fully saturated rings. The highest BCUT2D eigenvalue weighted by Gasteiger charge is 2.37. The topological polar surface area (TPSA) is 94.2 Å². The number of nitrogens with zero attached hydrogens (tertiary/aromatic N) is 5. The summed E-state index contributed by atoms with van der Waals surface area (Å²) < 4.78 is 21.2. The average Bonchev–Trinajstić information content (AvgIpc) is 3.67. The predicted molar refractivity (Wildman–Crippen MR) is 215 cm³/mol. The monoisotopic (exact) mass is 793 g/mol. The molecule has 2 aliphatic rings. The fraction of sp³-hybridized carbons (Fsp3) is 0.564. The minimum Gasteiger partial charge on any atom is -0.496 e. The number of methoxy groups -OCH3 is 1. The molecule has 6 rings (SSSR count). The first-order chi connectivity index (χ1) is 24.3. The van der Waals surface area contributed by atoms with Crippen molar-refractivity contribution in [3.63, 3.8) is 0 Å². The highest BCUT2D eigenvalue weighted by atomic mass is 79.9. The van der Waals surface area contributed by atoms with Crippen LogP contribution >= 0.6 is 15.9 Å². The van der Waals surface area contributed by atoms with Crippen LogP contribution in [0, 0.1) is 11.8 Å². The van der Waals surface area contributed by atoms with E-state index in [4.69, 9.17) is 29.3 Å². The summed E-state index contributed by atoms with van der Waals surface area (Å²) in [5.74, 6) is 3.53. The Balaban J connectivity index is 1.39. The van der Waals surface area contributed by atoms with Crippen molar-refractivity contribution in [3.05, 3.63) is 58.5 Å². The third-order valence-electron chi connectivity index (χ3n) is 10.5. The highest BCUT2D eigenvalue weighted by Crippen LogP contribution is 2.50. The molecule has 51 heavy (non-hydrogen) atoms. The first-order valence-electron chi connectivity index (χ1n) is 18.6. The molecule has 0 amide bonds. The number of rotatable bonds is 16. The van der Waals surface area contributed by atoms with Gasteiger partial charge in [0.1, 0.15) is 19.2 Å². The fourth-order valence-corrected chi connectivity index (χ4v) is 9.85. The molecule has 2 unspecified atom stereocenters. The van der Waals surface area contributed by atoms with Crippen LogP contribution in [-0.4, -0.2) is 74.6 Å². The lowest BCUT2D eigenvalue weighted by Crippen LogP contribution is -2.34. The largest absolute Gasteiger partial charge is 0.496 e. The van der Waals surface area contributed by atoms with Gasteiger partial charge in [-0.2, -0.15) is 9.61 Å². The van der Waals surface area contributed by atoms with Gasteiger partial charge in [-0.3, -0.25) is 4.98 Å². The van der Waals surface area contributed by atoms with Crippen LogP contribution in [0.1, 0.15) is 49.3 Å². The molecule has 2 bridgehead atoms. The number of ether oxygens (including phenoxy) is 3. The maximum absolute atomic E-state index is 9.87. The zero-order valence-corrected chi connectivity index (χ0v) is 35.1. The second kappa shape index (κ2) is 16.2. The van der Waals surface area contributed by atoms with Gasteiger partial charge in [0, 0.05) is 63.7 Å². The van der Waals surface area contributed by atoms with E-state index < -0.39 is 16.1 Å². The number of aliphatic hydroxyl groups excluding tert-OH is 1. The maximum atomic E-state index is 9.87. The second-order valence-electron chi connectivity index (χ2n) is 17.0. The third-order valence-corrected chi connectivity index (χ3v) is 14.6. The Labute approximate surface area is 314 Å². The molecule has 12 heteroatoms. The average molecular weight is 795 g/mol. The lowest BCUT2D eigenvalue weighted by Gasteiger charge is -2.31. The van der Waals surface area contributed by atoms with Gasteiger partial charge in [-0.15, -0.1) is 0 Å². The number of aliphatic hydroxyl groups is 1. The van der Waals surface area contributed by atoms with E-state index in [1.54, 1.807) is 7.11 Å². The molecule has 276 valence electrons. The van der Waals surface area contributed by atoms with Crippen molar-refractivity contribution in [3.8, 4) is 28.1 Å². The molecule has 0 aliphatic heterocycles. The summed E-state index contributed by atoms with van der Waals surface area (Å²) in [5, 5.41) is 14.8. The zero-order chi connectivity index (χ0) is 36.3. The standard InChI is InChI=1S/C39H56BrN5O4Si2/c1-47-35-13-11-29(21-32(35)24-46)34-12-10-30(22-41-34)33-23-42-45-38(33)43-37(31-19-27-8-9-28(18-27)20-31)36(40)39(45)44(25-48-14-16-50(2,3)4)26-49-15-17-51(5,6)7/h10-13,21-23,27-28,31,46H,8-9,14-20,24-26H2,1-7H3. The van der Waals surface area contributed by atoms with Crippen molar-refractivity contribution in [2.45, 2.75) is 96.0 Å². The molecule has 2 saturated carbocycles. The van der Waals surface area contributed by atoms with E-state index in [9.17, 15) is 5.11 Å². The van der Waals surface area contributed by atoms with Crippen LogP contribution < -0.4 is 9.64 Å². The number of aromatic nitrogens is 4. The van der Waals surface area contributed by atoms with Crippen molar-refractivity contribution in [1.29, 1.82) is 0 Å². The van der Waals surface area contributed by atoms with Crippen LogP contribution in [0.15, 0.2) is 47.2 Å². The molecule has 2 aliphatic carbocycles. The van der Waals surface area contributed by atoms with Gasteiger partial charge in [-0.1, -0.05) is 58.2 Å². The highest BCUT2D eigenvalue weighted by molar-refractivity contribution is 9.10. The molecule has 9 nitrogen and oxygen atoms in total. The van der Waals surface area contributed by atoms with Crippen LogP contribution in [0.4, 0.5) is 5.82 Å². The zero-order valence-electron chi connectivity index (χ0n) is 31.5. The Morgan fingerprint density at radius 3 is 2.10 bits per heavy atom. The van der Waals surface area contributed by atoms with E-state index in [0.717, 1.165) is 86.7 Å². The van der Waals surface area contributed by atoms with E-state index in [-0.39, 0.29) is 6.61 Å². The maximum Gasteiger partial charge on any atom is 0.165 e. The molecule has 3 heterocycles. The molecular formula is C39H56BrN5O4Si2. The lowest BCUT2D eigenvalue weighted by molar-refractivity contribution is 0.0941. The van der Waals surface area contributed by atoms with E-state index in [0.29, 0.717) is 25.1 Å². The van der Waals surface area contributed by atoms with E-state index in [2.05, 4.69) is 66.2 Å². The van der Waals surface area contributed by atoms with Gasteiger partial charge in [-0.05, 0) is 83.4 Å². The smallest absolute Gasteiger partial charge is 0.165 e. The number of hydrogen-bond donors (Lipinski definition) is 1. The second-order valence-corrected chi connectivity index (χ2v) is 29.0. The van der Waals surface area contributed by atoms with Crippen LogP contribution in [0.25, 0.3) is 28.0 Å². The molecule has 0 saturated heterocycles. The molecule has 3 aromatic heterocycles. The van der Waals surface area contributed by atoms with E-state index in [1.165, 1.54) is 32.1 Å². The summed E-state index contributed by atoms with van der Waals surface area (Å²) in [7, 11) is -0.893. The molecule has 1 aromatic carbocycles. The number of hydrogen-bond acceptors (Lipinski definition) is 8. The predicted octanol–water partition coefficient (Wildman–Crippen LogP) is 9.45. The van der Waals surface area contributed by atoms with Gasteiger partial charge in [0.05, 0.1) is 35.8 Å². The lowest BCUT2D eigenvalue weighted by atomic mass is 9.79. The van der Waals surface area contributed by atoms with Gasteiger partial charge >= 0.3 is 0 Å². The first-order valence-corrected chi connectivity index (χ1v) is 26.8. The van der Waals surface area contributed by atoms with E-state index >= 15 is 0 Å². The van der Waals surface area contributed by atoms with Gasteiger partial charge < -0.3 is 24.2 Å². The van der Waals surface area contributed by atoms with Crippen molar-refractivity contribution >= 4 is 43.5 Å². The van der Waals surface area contributed by atoms with Gasteiger partial charge in [0.2, 0.25) is 0 Å². The minimum atomic E-state index is -1.25. The summed E-state index contributed by atoms with van der Waals surface area (Å²) in [6.45, 7) is 16.5. The Morgan fingerprint density at radius 2 is 1.53 bits per heavy atom. The number of fused-ring (bicyclic) bond motifs is 3. The number of halogens is 1. The summed E-state index contributed by atoms with van der Waals surface area (Å²) in [5.41, 5.74) is 6.29. The van der Waals surface area contributed by atoms with Gasteiger partial charge in [0.15, 0.2) is 11.5 Å². The molecule has 0 radical (unpaired) electrons. The summed E-state index contributed by atoms with van der Waals surface area (Å²) in [6, 6.07) is 12.1. The SMILES string of the molecule is COc1ccc(-c2ccc(-c3cnn4c(N(COCC[Si](C)(C)C)COCC[Si](C)(C)C)c(Br)c(C5CC6CCC(C6)C5)nc34)cn2)cc1CO. The molecule has 1 N–H and O–H groups in total. The Morgan fingerprint density at radius 1 is 0.882 bits per heavy atom. The minimum absolute atomic E-state index is 0.102. The number of benzene rings is 1. The van der Waals surface area contributed by atoms with Crippen molar-refractivity contribution in [2.24, 2.45) is 11.8 Å². The van der Waals surface area contributed by atoms with Crippen LogP contribution in [0.3, 0.4) is 0 Å². The number of pyridine rings is 1. The molecule has 2 atom stereocenters. The Hall–Kier alpha value is -2.62. The summed E-state index contributed by atoms with van der Waals surface area (Å²) in [6.07, 6.45) is 10.2. The Bertz CT molecular complexity index is 1760. The quantitative estimate of drug-likeness (QED) is 0.0682. The van der Waals surface area contributed by atoms with Gasteiger partial charge in [0.25, 0.3) is 0 Å². The Kier molecular flexibility index (Phi) is 12.1. The van der Waals surface area contributed by atoms with Crippen molar-refractivity contribution in [2.75, 3.05) is 38.7 Å². The van der Waals surface area contributed by atoms with Crippen LogP contribution in [0.2, 0.25) is 51.4 Å². The fourth-order valence-electron chi connectivity index (χ4n) is 7.50. The third kappa shape index (κ3) is 9.31. The molecular weight excluding hydrogens is 739 g/mol. The van der Waals surface area contributed by atoms with Crippen LogP contribution in [-0.2, 0) is 16.1 Å².